The molecule has 5 heteroatoms. The molecule has 0 bridgehead atoms. The van der Waals surface area contributed by atoms with Gasteiger partial charge in [0.15, 0.2) is 6.33 Å². The number of nitrogens with zero attached hydrogens (tertiary/aromatic N) is 2. The van der Waals surface area contributed by atoms with Gasteiger partial charge < -0.3 is 14.3 Å². The number of aryl methyl sites for hydroxylation is 1. The lowest BCUT2D eigenvalue weighted by atomic mass is 10.1. The second-order valence-corrected chi connectivity index (χ2v) is 4.06. The van der Waals surface area contributed by atoms with Crippen molar-refractivity contribution < 1.29 is 8.94 Å². The van der Waals surface area contributed by atoms with Crippen molar-refractivity contribution in [3.05, 3.63) is 36.4 Å². The Morgan fingerprint density at radius 2 is 2.35 bits per heavy atom. The summed E-state index contributed by atoms with van der Waals surface area (Å²) in [5.74, 6) is 1.71. The summed E-state index contributed by atoms with van der Waals surface area (Å²) in [7, 11) is 0. The molecular formula is C12H17N3O2. The maximum atomic E-state index is 5.29. The van der Waals surface area contributed by atoms with Crippen LogP contribution in [0.5, 0.6) is 0 Å². The van der Waals surface area contributed by atoms with Crippen LogP contribution in [0.1, 0.15) is 25.0 Å². The van der Waals surface area contributed by atoms with Gasteiger partial charge in [-0.3, -0.25) is 0 Å². The minimum absolute atomic E-state index is 0.447. The number of hydrogen-bond acceptors (Lipinski definition) is 5. The Morgan fingerprint density at radius 3 is 3.06 bits per heavy atom. The molecule has 0 aromatic carbocycles. The van der Waals surface area contributed by atoms with Crippen LogP contribution in [-0.2, 0) is 12.8 Å². The summed E-state index contributed by atoms with van der Waals surface area (Å²) in [4.78, 5) is 3.97. The lowest BCUT2D eigenvalue weighted by Crippen LogP contribution is -2.28. The molecule has 2 aromatic heterocycles. The summed E-state index contributed by atoms with van der Waals surface area (Å²) in [5.41, 5.74) is 0. The van der Waals surface area contributed by atoms with Crippen LogP contribution in [0.15, 0.2) is 33.7 Å². The maximum Gasteiger partial charge on any atom is 0.227 e. The van der Waals surface area contributed by atoms with E-state index in [1.807, 2.05) is 12.1 Å². The second-order valence-electron chi connectivity index (χ2n) is 4.06. The summed E-state index contributed by atoms with van der Waals surface area (Å²) in [6.45, 7) is 3.01. The van der Waals surface area contributed by atoms with Gasteiger partial charge in [-0.1, -0.05) is 5.16 Å². The molecule has 0 aliphatic heterocycles. The quantitative estimate of drug-likeness (QED) is 0.793. The first-order valence-electron chi connectivity index (χ1n) is 5.86. The van der Waals surface area contributed by atoms with Gasteiger partial charge in [-0.25, -0.2) is 0 Å². The molecule has 0 aliphatic carbocycles. The van der Waals surface area contributed by atoms with E-state index in [0.717, 1.165) is 31.6 Å². The third kappa shape index (κ3) is 4.03. The molecule has 0 radical (unpaired) electrons. The molecule has 1 atom stereocenters. The molecule has 0 aliphatic rings. The molecule has 17 heavy (non-hydrogen) atoms. The Balaban J connectivity index is 1.59. The molecule has 0 saturated heterocycles. The fourth-order valence-electron chi connectivity index (χ4n) is 1.65. The standard InChI is InChI=1S/C12H17N3O2/c1-10(4-5-11-3-2-8-16-11)13-7-6-12-14-9-15-17-12/h2-3,8-10,13H,4-7H2,1H3. The Bertz CT molecular complexity index is 397. The zero-order chi connectivity index (χ0) is 11.9. The van der Waals surface area contributed by atoms with E-state index in [1.165, 1.54) is 6.33 Å². The fourth-order valence-corrected chi connectivity index (χ4v) is 1.65. The van der Waals surface area contributed by atoms with Crippen molar-refractivity contribution in [2.45, 2.75) is 32.2 Å². The van der Waals surface area contributed by atoms with Gasteiger partial charge in [-0.05, 0) is 25.5 Å². The zero-order valence-corrected chi connectivity index (χ0v) is 9.93. The van der Waals surface area contributed by atoms with Gasteiger partial charge >= 0.3 is 0 Å². The molecule has 1 unspecified atom stereocenters. The van der Waals surface area contributed by atoms with Crippen LogP contribution in [0.4, 0.5) is 0 Å². The van der Waals surface area contributed by atoms with Gasteiger partial charge in [0, 0.05) is 25.4 Å². The van der Waals surface area contributed by atoms with Crippen LogP contribution in [-0.4, -0.2) is 22.7 Å². The SMILES string of the molecule is CC(CCc1ccco1)NCCc1ncno1. The van der Waals surface area contributed by atoms with Crippen molar-refractivity contribution in [1.29, 1.82) is 0 Å². The van der Waals surface area contributed by atoms with E-state index < -0.39 is 0 Å². The summed E-state index contributed by atoms with van der Waals surface area (Å²) < 4.78 is 10.2. The van der Waals surface area contributed by atoms with Crippen LogP contribution in [0, 0.1) is 0 Å². The molecule has 0 saturated carbocycles. The van der Waals surface area contributed by atoms with Crippen LogP contribution < -0.4 is 5.32 Å². The third-order valence-corrected chi connectivity index (χ3v) is 2.64. The molecule has 0 fully saturated rings. The Hall–Kier alpha value is -1.62. The second kappa shape index (κ2) is 6.20. The van der Waals surface area contributed by atoms with E-state index in [-0.39, 0.29) is 0 Å². The summed E-state index contributed by atoms with van der Waals surface area (Å²) in [5, 5.41) is 6.98. The lowest BCUT2D eigenvalue weighted by molar-refractivity contribution is 0.370. The summed E-state index contributed by atoms with van der Waals surface area (Å²) in [6, 6.07) is 4.37. The van der Waals surface area contributed by atoms with Crippen molar-refractivity contribution in [1.82, 2.24) is 15.5 Å². The van der Waals surface area contributed by atoms with E-state index >= 15 is 0 Å². The average molecular weight is 235 g/mol. The van der Waals surface area contributed by atoms with Crippen molar-refractivity contribution in [3.8, 4) is 0 Å². The number of aromatic nitrogens is 2. The lowest BCUT2D eigenvalue weighted by Gasteiger charge is -2.11. The monoisotopic (exact) mass is 235 g/mol. The number of furan rings is 1. The minimum atomic E-state index is 0.447. The highest BCUT2D eigenvalue weighted by Gasteiger charge is 2.04. The summed E-state index contributed by atoms with van der Waals surface area (Å²) >= 11 is 0. The molecule has 2 aromatic rings. The first-order chi connectivity index (χ1) is 8.34. The Morgan fingerprint density at radius 1 is 1.41 bits per heavy atom. The van der Waals surface area contributed by atoms with Crippen molar-refractivity contribution in [2.75, 3.05) is 6.54 Å². The molecule has 1 N–H and O–H groups in total. The van der Waals surface area contributed by atoms with E-state index in [0.29, 0.717) is 11.9 Å². The molecule has 0 amide bonds. The fraction of sp³-hybridized carbons (Fsp3) is 0.500. The molecule has 2 rings (SSSR count). The number of hydrogen-bond donors (Lipinski definition) is 1. The van der Waals surface area contributed by atoms with E-state index in [1.54, 1.807) is 6.26 Å². The first kappa shape index (κ1) is 11.9. The van der Waals surface area contributed by atoms with Crippen LogP contribution >= 0.6 is 0 Å². The smallest absolute Gasteiger partial charge is 0.227 e. The van der Waals surface area contributed by atoms with Crippen LogP contribution in [0.3, 0.4) is 0 Å². The maximum absolute atomic E-state index is 5.29. The zero-order valence-electron chi connectivity index (χ0n) is 9.93. The molecular weight excluding hydrogens is 218 g/mol. The predicted octanol–water partition coefficient (Wildman–Crippen LogP) is 1.82. The van der Waals surface area contributed by atoms with Gasteiger partial charge in [0.1, 0.15) is 5.76 Å². The highest BCUT2D eigenvalue weighted by atomic mass is 16.5. The van der Waals surface area contributed by atoms with E-state index in [4.69, 9.17) is 8.94 Å². The highest BCUT2D eigenvalue weighted by molar-refractivity contribution is 4.98. The third-order valence-electron chi connectivity index (χ3n) is 2.64. The first-order valence-corrected chi connectivity index (χ1v) is 5.86. The van der Waals surface area contributed by atoms with Gasteiger partial charge in [0.05, 0.1) is 6.26 Å². The Kier molecular flexibility index (Phi) is 4.32. The Labute approximate surface area is 100 Å². The topological polar surface area (TPSA) is 64.1 Å². The highest BCUT2D eigenvalue weighted by Crippen LogP contribution is 2.05. The average Bonchev–Trinajstić information content (AvgIpc) is 2.99. The molecule has 5 nitrogen and oxygen atoms in total. The van der Waals surface area contributed by atoms with Gasteiger partial charge in [-0.15, -0.1) is 0 Å². The van der Waals surface area contributed by atoms with Gasteiger partial charge in [0.2, 0.25) is 5.89 Å². The molecule has 0 spiro atoms. The largest absolute Gasteiger partial charge is 0.469 e. The predicted molar refractivity (Wildman–Crippen MR) is 62.5 cm³/mol. The normalized spacial score (nSPS) is 12.8. The van der Waals surface area contributed by atoms with Crippen molar-refractivity contribution in [3.63, 3.8) is 0 Å². The van der Waals surface area contributed by atoms with Gasteiger partial charge in [-0.2, -0.15) is 4.98 Å². The van der Waals surface area contributed by atoms with Gasteiger partial charge in [0.25, 0.3) is 0 Å². The number of nitrogens with one attached hydrogen (secondary N) is 1. The van der Waals surface area contributed by atoms with Crippen molar-refractivity contribution in [2.24, 2.45) is 0 Å². The molecule has 2 heterocycles. The van der Waals surface area contributed by atoms with Crippen LogP contribution in [0.25, 0.3) is 0 Å². The van der Waals surface area contributed by atoms with E-state index in [2.05, 4.69) is 22.4 Å². The van der Waals surface area contributed by atoms with E-state index in [9.17, 15) is 0 Å². The number of rotatable bonds is 7. The minimum Gasteiger partial charge on any atom is -0.469 e. The van der Waals surface area contributed by atoms with Crippen molar-refractivity contribution >= 4 is 0 Å². The summed E-state index contributed by atoms with van der Waals surface area (Å²) in [6.07, 6.45) is 5.92. The van der Waals surface area contributed by atoms with Crippen LogP contribution in [0.2, 0.25) is 0 Å². The molecule has 92 valence electrons.